The van der Waals surface area contributed by atoms with Crippen LogP contribution >= 0.6 is 0 Å². The van der Waals surface area contributed by atoms with Crippen molar-refractivity contribution >= 4 is 27.6 Å². The van der Waals surface area contributed by atoms with Gasteiger partial charge in [0.25, 0.3) is 5.91 Å². The Bertz CT molecular complexity index is 850. The number of ether oxygens (including phenoxy) is 1. The largest absolute Gasteiger partial charge is 0.481 e. The number of aliphatic carboxylic acids is 1. The minimum atomic E-state index is -3.97. The smallest absolute Gasteiger partial charge is 0.308 e. The number of amides is 1. The molecule has 10 heteroatoms. The maximum Gasteiger partial charge on any atom is 0.308 e. The molecule has 1 aromatic rings. The first-order valence-corrected chi connectivity index (χ1v) is 10.2. The Labute approximate surface area is 157 Å². The molecule has 2 fully saturated rings. The van der Waals surface area contributed by atoms with E-state index in [2.05, 4.69) is 0 Å². The zero-order chi connectivity index (χ0) is 19.8. The van der Waals surface area contributed by atoms with E-state index in [1.165, 1.54) is 17.0 Å². The number of anilines is 1. The van der Waals surface area contributed by atoms with Crippen molar-refractivity contribution in [2.45, 2.75) is 11.8 Å². The fourth-order valence-electron chi connectivity index (χ4n) is 3.57. The lowest BCUT2D eigenvalue weighted by atomic mass is 9.99. The summed E-state index contributed by atoms with van der Waals surface area (Å²) in [5, 5.41) is 14.5. The molecule has 0 spiro atoms. The summed E-state index contributed by atoms with van der Waals surface area (Å²) in [4.78, 5) is 27.8. The Morgan fingerprint density at radius 1 is 1.22 bits per heavy atom. The highest BCUT2D eigenvalue weighted by Crippen LogP contribution is 2.30. The summed E-state index contributed by atoms with van der Waals surface area (Å²) in [6, 6.07) is 4.23. The van der Waals surface area contributed by atoms with Crippen LogP contribution < -0.4 is 10.0 Å². The molecular weight excluding hydrogens is 374 g/mol. The third kappa shape index (κ3) is 4.07. The molecule has 0 bridgehead atoms. The highest BCUT2D eigenvalue weighted by atomic mass is 32.2. The molecule has 2 atom stereocenters. The van der Waals surface area contributed by atoms with Gasteiger partial charge in [0, 0.05) is 31.9 Å². The molecule has 0 unspecified atom stereocenters. The van der Waals surface area contributed by atoms with Gasteiger partial charge in [-0.2, -0.15) is 0 Å². The number of likely N-dealkylation sites (tertiary alicyclic amines) is 1. The summed E-state index contributed by atoms with van der Waals surface area (Å²) >= 11 is 0. The monoisotopic (exact) mass is 397 g/mol. The van der Waals surface area contributed by atoms with Crippen molar-refractivity contribution in [2.75, 3.05) is 44.3 Å². The number of carbonyl (C=O) groups excluding carboxylic acids is 1. The lowest BCUT2D eigenvalue weighted by molar-refractivity contribution is -0.142. The van der Waals surface area contributed by atoms with Crippen molar-refractivity contribution in [2.24, 2.45) is 17.0 Å². The number of hydrogen-bond acceptors (Lipinski definition) is 6. The summed E-state index contributed by atoms with van der Waals surface area (Å²) in [7, 11) is -3.97. The first-order chi connectivity index (χ1) is 12.7. The molecule has 1 aromatic carbocycles. The van der Waals surface area contributed by atoms with Gasteiger partial charge < -0.3 is 19.6 Å². The standard InChI is InChI=1S/C17H23N3O6S/c1-11-9-20(10-14(11)17(22)23)16(21)13-8-12(27(18,24)25)2-3-15(13)19-4-6-26-7-5-19/h2-3,8,11,14H,4-7,9-10H2,1H3,(H,22,23)(H2,18,24,25)/t11-,14-/m1/s1. The van der Waals surface area contributed by atoms with Gasteiger partial charge in [0.15, 0.2) is 0 Å². The Hall–Kier alpha value is -2.17. The zero-order valence-corrected chi connectivity index (χ0v) is 15.8. The van der Waals surface area contributed by atoms with Crippen molar-refractivity contribution < 1.29 is 27.9 Å². The number of carboxylic acid groups (broad SMARTS) is 1. The normalized spacial score (nSPS) is 23.5. The molecule has 3 rings (SSSR count). The van der Waals surface area contributed by atoms with E-state index in [0.717, 1.165) is 0 Å². The van der Waals surface area contributed by atoms with E-state index in [9.17, 15) is 23.1 Å². The Balaban J connectivity index is 1.98. The summed E-state index contributed by atoms with van der Waals surface area (Å²) in [5.74, 6) is -2.15. The molecule has 9 nitrogen and oxygen atoms in total. The Kier molecular flexibility index (Phi) is 5.41. The van der Waals surface area contributed by atoms with Gasteiger partial charge in [-0.25, -0.2) is 13.6 Å². The molecule has 1 amide bonds. The number of benzene rings is 1. The van der Waals surface area contributed by atoms with Gasteiger partial charge in [-0.05, 0) is 24.1 Å². The first-order valence-electron chi connectivity index (χ1n) is 8.70. The van der Waals surface area contributed by atoms with E-state index in [1.807, 2.05) is 4.90 Å². The molecule has 2 heterocycles. The van der Waals surface area contributed by atoms with Gasteiger partial charge in [-0.1, -0.05) is 6.92 Å². The molecule has 0 saturated carbocycles. The topological polar surface area (TPSA) is 130 Å². The molecular formula is C17H23N3O6S. The van der Waals surface area contributed by atoms with Crippen molar-refractivity contribution in [1.82, 2.24) is 4.90 Å². The van der Waals surface area contributed by atoms with Gasteiger partial charge in [0.1, 0.15) is 0 Å². The van der Waals surface area contributed by atoms with Crippen molar-refractivity contribution in [3.8, 4) is 0 Å². The van der Waals surface area contributed by atoms with Gasteiger partial charge in [0.05, 0.1) is 29.6 Å². The third-order valence-corrected chi connectivity index (χ3v) is 6.01. The number of carbonyl (C=O) groups is 2. The summed E-state index contributed by atoms with van der Waals surface area (Å²) in [6.45, 7) is 4.34. The van der Waals surface area contributed by atoms with E-state index in [0.29, 0.717) is 38.5 Å². The van der Waals surface area contributed by atoms with E-state index < -0.39 is 27.8 Å². The van der Waals surface area contributed by atoms with Crippen LogP contribution in [-0.2, 0) is 19.6 Å². The fourth-order valence-corrected chi connectivity index (χ4v) is 4.11. The number of rotatable bonds is 4. The second kappa shape index (κ2) is 7.45. The second-order valence-corrected chi connectivity index (χ2v) is 8.52. The predicted octanol–water partition coefficient (Wildman–Crippen LogP) is -0.0367. The van der Waals surface area contributed by atoms with Crippen LogP contribution in [0.25, 0.3) is 0 Å². The second-order valence-electron chi connectivity index (χ2n) is 6.96. The van der Waals surface area contributed by atoms with Gasteiger partial charge in [-0.15, -0.1) is 0 Å². The Morgan fingerprint density at radius 3 is 2.44 bits per heavy atom. The first kappa shape index (κ1) is 19.6. The molecule has 0 aliphatic carbocycles. The van der Waals surface area contributed by atoms with Crippen LogP contribution in [0.1, 0.15) is 17.3 Å². The lowest BCUT2D eigenvalue weighted by Crippen LogP contribution is -2.38. The van der Waals surface area contributed by atoms with E-state index in [1.54, 1.807) is 13.0 Å². The minimum absolute atomic E-state index is 0.0947. The van der Waals surface area contributed by atoms with Crippen LogP contribution in [0.15, 0.2) is 23.1 Å². The van der Waals surface area contributed by atoms with Crippen LogP contribution in [0.4, 0.5) is 5.69 Å². The van der Waals surface area contributed by atoms with Crippen molar-refractivity contribution in [1.29, 1.82) is 0 Å². The van der Waals surface area contributed by atoms with Gasteiger partial charge >= 0.3 is 5.97 Å². The van der Waals surface area contributed by atoms with Crippen molar-refractivity contribution in [3.63, 3.8) is 0 Å². The van der Waals surface area contributed by atoms with E-state index >= 15 is 0 Å². The maximum atomic E-state index is 13.1. The molecule has 3 N–H and O–H groups in total. The lowest BCUT2D eigenvalue weighted by Gasteiger charge is -2.31. The highest BCUT2D eigenvalue weighted by molar-refractivity contribution is 7.89. The molecule has 27 heavy (non-hydrogen) atoms. The van der Waals surface area contributed by atoms with Crippen molar-refractivity contribution in [3.05, 3.63) is 23.8 Å². The average molecular weight is 397 g/mol. The molecule has 2 aliphatic rings. The van der Waals surface area contributed by atoms with Gasteiger partial charge in [0.2, 0.25) is 10.0 Å². The number of nitrogens with two attached hydrogens (primary N) is 1. The summed E-state index contributed by atoms with van der Waals surface area (Å²) in [6.07, 6.45) is 0. The number of hydrogen-bond donors (Lipinski definition) is 2. The van der Waals surface area contributed by atoms with E-state index in [-0.39, 0.29) is 22.9 Å². The molecule has 2 aliphatic heterocycles. The molecule has 148 valence electrons. The maximum absolute atomic E-state index is 13.1. The summed E-state index contributed by atoms with van der Waals surface area (Å²) in [5.41, 5.74) is 0.809. The molecule has 0 aromatic heterocycles. The number of primary sulfonamides is 1. The number of nitrogens with zero attached hydrogens (tertiary/aromatic N) is 2. The fraction of sp³-hybridized carbons (Fsp3) is 0.529. The van der Waals surface area contributed by atoms with Crippen LogP contribution in [0, 0.1) is 11.8 Å². The molecule has 0 radical (unpaired) electrons. The summed E-state index contributed by atoms with van der Waals surface area (Å²) < 4.78 is 28.8. The molecule has 2 saturated heterocycles. The average Bonchev–Trinajstić information content (AvgIpc) is 3.02. The predicted molar refractivity (Wildman–Crippen MR) is 97.0 cm³/mol. The van der Waals surface area contributed by atoms with E-state index in [4.69, 9.17) is 9.88 Å². The number of morpholine rings is 1. The quantitative estimate of drug-likeness (QED) is 0.729. The van der Waals surface area contributed by atoms with Crippen LogP contribution in [-0.4, -0.2) is 69.7 Å². The van der Waals surface area contributed by atoms with Crippen LogP contribution in [0.3, 0.4) is 0 Å². The highest BCUT2D eigenvalue weighted by Gasteiger charge is 2.38. The number of sulfonamides is 1. The Morgan fingerprint density at radius 2 is 1.89 bits per heavy atom. The minimum Gasteiger partial charge on any atom is -0.481 e. The van der Waals surface area contributed by atoms with Gasteiger partial charge in [-0.3, -0.25) is 9.59 Å². The van der Waals surface area contributed by atoms with Crippen LogP contribution in [0.5, 0.6) is 0 Å². The van der Waals surface area contributed by atoms with Crippen LogP contribution in [0.2, 0.25) is 0 Å². The SMILES string of the molecule is C[C@@H]1CN(C(=O)c2cc(S(N)(=O)=O)ccc2N2CCOCC2)C[C@H]1C(=O)O. The third-order valence-electron chi connectivity index (χ3n) is 5.10. The number of carboxylic acids is 1. The zero-order valence-electron chi connectivity index (χ0n) is 15.0.